The van der Waals surface area contributed by atoms with Crippen LogP contribution in [-0.4, -0.2) is 67.1 Å². The fourth-order valence-electron chi connectivity index (χ4n) is 4.52. The molecule has 40 heavy (non-hydrogen) atoms. The largest absolute Gasteiger partial charge is 0.397 e. The van der Waals surface area contributed by atoms with Crippen molar-refractivity contribution in [3.05, 3.63) is 47.9 Å². The number of rotatable bonds is 8. The van der Waals surface area contributed by atoms with Gasteiger partial charge in [0.15, 0.2) is 6.30 Å². The predicted octanol–water partition coefficient (Wildman–Crippen LogP) is 3.79. The summed E-state index contributed by atoms with van der Waals surface area (Å²) in [6.45, 7) is 2.87. The molecule has 1 saturated heterocycles. The lowest BCUT2D eigenvalue weighted by atomic mass is 10.1. The van der Waals surface area contributed by atoms with Crippen LogP contribution in [0.15, 0.2) is 36.8 Å². The fourth-order valence-corrected chi connectivity index (χ4v) is 4.52. The number of carbonyl (C=O) groups excluding carboxylic acids is 2. The molecule has 3 aromatic heterocycles. The molecular weight excluding hydrogens is 534 g/mol. The zero-order valence-electron chi connectivity index (χ0n) is 21.7. The first-order valence-electron chi connectivity index (χ1n) is 12.4. The zero-order chi connectivity index (χ0) is 29.2. The summed E-state index contributed by atoms with van der Waals surface area (Å²) >= 11 is 0. The van der Waals surface area contributed by atoms with E-state index in [4.69, 9.17) is 5.26 Å². The Kier molecular flexibility index (Phi) is 7.97. The lowest BCUT2D eigenvalue weighted by Crippen LogP contribution is -2.42. The zero-order valence-corrected chi connectivity index (χ0v) is 21.7. The van der Waals surface area contributed by atoms with Crippen LogP contribution < -0.4 is 10.6 Å². The van der Waals surface area contributed by atoms with Crippen molar-refractivity contribution in [3.8, 4) is 11.9 Å². The number of fused-ring (bicyclic) bond motifs is 1. The highest BCUT2D eigenvalue weighted by atomic mass is 19.4. The second kappa shape index (κ2) is 11.1. The lowest BCUT2D eigenvalue weighted by Gasteiger charge is -2.28. The van der Waals surface area contributed by atoms with Crippen LogP contribution in [0.2, 0.25) is 0 Å². The highest BCUT2D eigenvalue weighted by molar-refractivity contribution is 6.00. The molecule has 0 unspecified atom stereocenters. The lowest BCUT2D eigenvalue weighted by molar-refractivity contribution is -0.161. The Labute approximate surface area is 226 Å². The Morgan fingerprint density at radius 3 is 2.67 bits per heavy atom. The first kappa shape index (κ1) is 28.8. The second-order valence-corrected chi connectivity index (χ2v) is 10.2. The molecule has 0 aromatic carbocycles. The average Bonchev–Trinajstić information content (AvgIpc) is 3.48. The first-order chi connectivity index (χ1) is 18.7. The maximum Gasteiger partial charge on any atom is 0.397 e. The van der Waals surface area contributed by atoms with Gasteiger partial charge in [0.1, 0.15) is 30.1 Å². The summed E-state index contributed by atoms with van der Waals surface area (Å²) in [5, 5.41) is 24.8. The number of halogens is 4. The number of likely N-dealkylation sites (tertiary alicyclic amines) is 1. The molecule has 2 amide bonds. The number of hydrogen-bond acceptors (Lipinski definition) is 7. The summed E-state index contributed by atoms with van der Waals surface area (Å²) in [5.41, 5.74) is -0.609. The summed E-state index contributed by atoms with van der Waals surface area (Å²) < 4.78 is 54.8. The molecule has 4 heterocycles. The van der Waals surface area contributed by atoms with E-state index in [9.17, 15) is 32.3 Å². The monoisotopic (exact) mass is 561 g/mol. The average molecular weight is 562 g/mol. The minimum Gasteiger partial charge on any atom is -0.390 e. The van der Waals surface area contributed by atoms with Gasteiger partial charge < -0.3 is 20.6 Å². The Bertz CT molecular complexity index is 1460. The van der Waals surface area contributed by atoms with E-state index in [0.29, 0.717) is 29.4 Å². The van der Waals surface area contributed by atoms with E-state index < -0.39 is 42.5 Å². The van der Waals surface area contributed by atoms with E-state index in [1.165, 1.54) is 32.3 Å². The third-order valence-electron chi connectivity index (χ3n) is 6.25. The Balaban J connectivity index is 1.69. The molecule has 1 aliphatic heterocycles. The second-order valence-electron chi connectivity index (χ2n) is 10.2. The molecule has 3 N–H and O–H groups in total. The number of pyridine rings is 2. The minimum atomic E-state index is -4.68. The van der Waals surface area contributed by atoms with Crippen molar-refractivity contribution in [1.82, 2.24) is 24.8 Å². The Hall–Kier alpha value is -4.25. The summed E-state index contributed by atoms with van der Waals surface area (Å²) in [4.78, 5) is 35.1. The van der Waals surface area contributed by atoms with E-state index >= 15 is 0 Å². The number of nitriles is 1. The maximum absolute atomic E-state index is 14.5. The molecule has 2 atom stereocenters. The van der Waals surface area contributed by atoms with Crippen LogP contribution in [0.1, 0.15) is 55.5 Å². The number of nitrogens with zero attached hydrogens (tertiary/aromatic N) is 5. The van der Waals surface area contributed by atoms with E-state index in [2.05, 4.69) is 20.6 Å². The smallest absolute Gasteiger partial charge is 0.390 e. The molecule has 3 aromatic rings. The van der Waals surface area contributed by atoms with Crippen molar-refractivity contribution in [3.63, 3.8) is 0 Å². The van der Waals surface area contributed by atoms with Gasteiger partial charge in [0.25, 0.3) is 5.91 Å². The molecular formula is C26H27F4N7O3. The maximum atomic E-state index is 14.5. The molecule has 0 spiro atoms. The van der Waals surface area contributed by atoms with Gasteiger partial charge in [-0.15, -0.1) is 0 Å². The quantitative estimate of drug-likeness (QED) is 0.281. The van der Waals surface area contributed by atoms with Crippen LogP contribution in [0, 0.1) is 11.3 Å². The van der Waals surface area contributed by atoms with Crippen molar-refractivity contribution in [2.75, 3.05) is 11.9 Å². The van der Waals surface area contributed by atoms with Crippen LogP contribution in [0.5, 0.6) is 0 Å². The SMILES string of the molecule is CC(C)(O)C[C@@H](F)NC(=O)c1cnc(-n2ccc3cc(C#N)cnc32)cc1N[C@H]1CCCN1C(=O)CC(F)(F)F. The Morgan fingerprint density at radius 2 is 2.00 bits per heavy atom. The standard InChI is InChI=1S/C26H27F4N7O3/c1-25(2,40)10-19(27)35-24(39)17-14-32-21(37-7-5-16-8-15(12-31)13-33-23(16)37)9-18(17)34-20-4-3-6-36(20)22(38)11-26(28,29)30/h5,7-9,13-14,19-20,40H,3-4,6,10-11H2,1-2H3,(H,32,34)(H,35,39)/t19-,20+/m0/s1. The van der Waals surface area contributed by atoms with Crippen LogP contribution in [0.3, 0.4) is 0 Å². The number of aromatic nitrogens is 3. The van der Waals surface area contributed by atoms with E-state index in [1.54, 1.807) is 22.9 Å². The number of carbonyl (C=O) groups is 2. The van der Waals surface area contributed by atoms with Gasteiger partial charge in [0.05, 0.1) is 22.4 Å². The molecule has 1 aliphatic rings. The van der Waals surface area contributed by atoms with Gasteiger partial charge in [-0.05, 0) is 38.8 Å². The van der Waals surface area contributed by atoms with Crippen molar-refractivity contribution >= 4 is 28.5 Å². The fraction of sp³-hybridized carbons (Fsp3) is 0.423. The summed E-state index contributed by atoms with van der Waals surface area (Å²) in [5.74, 6) is -1.71. The molecule has 0 saturated carbocycles. The van der Waals surface area contributed by atoms with Crippen LogP contribution in [-0.2, 0) is 4.79 Å². The predicted molar refractivity (Wildman–Crippen MR) is 136 cm³/mol. The minimum absolute atomic E-state index is 0.0948. The van der Waals surface area contributed by atoms with Gasteiger partial charge in [-0.1, -0.05) is 0 Å². The van der Waals surface area contributed by atoms with Gasteiger partial charge >= 0.3 is 6.18 Å². The molecule has 10 nitrogen and oxygen atoms in total. The summed E-state index contributed by atoms with van der Waals surface area (Å²) in [6, 6.07) is 6.79. The third kappa shape index (κ3) is 6.84. The van der Waals surface area contributed by atoms with Crippen LogP contribution in [0.4, 0.5) is 23.2 Å². The number of alkyl halides is 4. The van der Waals surface area contributed by atoms with Crippen LogP contribution in [0.25, 0.3) is 16.9 Å². The van der Waals surface area contributed by atoms with Gasteiger partial charge in [-0.2, -0.15) is 18.4 Å². The summed E-state index contributed by atoms with van der Waals surface area (Å²) in [7, 11) is 0. The number of anilines is 1. The van der Waals surface area contributed by atoms with E-state index in [0.717, 1.165) is 4.90 Å². The van der Waals surface area contributed by atoms with Crippen molar-refractivity contribution in [1.29, 1.82) is 5.26 Å². The molecule has 0 radical (unpaired) electrons. The van der Waals surface area contributed by atoms with E-state index in [1.807, 2.05) is 6.07 Å². The number of aliphatic hydroxyl groups is 1. The first-order valence-corrected chi connectivity index (χ1v) is 12.4. The van der Waals surface area contributed by atoms with Crippen molar-refractivity contribution in [2.24, 2.45) is 0 Å². The molecule has 0 bridgehead atoms. The Morgan fingerprint density at radius 1 is 1.25 bits per heavy atom. The van der Waals surface area contributed by atoms with Gasteiger partial charge in [0, 0.05) is 43.0 Å². The highest BCUT2D eigenvalue weighted by Gasteiger charge is 2.38. The molecule has 4 rings (SSSR count). The topological polar surface area (TPSA) is 136 Å². The summed E-state index contributed by atoms with van der Waals surface area (Å²) in [6.07, 6.45) is -4.49. The highest BCUT2D eigenvalue weighted by Crippen LogP contribution is 2.29. The van der Waals surface area contributed by atoms with Crippen molar-refractivity contribution < 1.29 is 32.3 Å². The van der Waals surface area contributed by atoms with Crippen molar-refractivity contribution in [2.45, 2.75) is 63.8 Å². The molecule has 14 heteroatoms. The number of amides is 2. The number of hydrogen-bond donors (Lipinski definition) is 3. The molecule has 212 valence electrons. The number of nitrogens with one attached hydrogen (secondary N) is 2. The van der Waals surface area contributed by atoms with Crippen LogP contribution >= 0.6 is 0 Å². The molecule has 0 aliphatic carbocycles. The third-order valence-corrected chi connectivity index (χ3v) is 6.25. The van der Waals surface area contributed by atoms with Gasteiger partial charge in [-0.25, -0.2) is 14.4 Å². The van der Waals surface area contributed by atoms with E-state index in [-0.39, 0.29) is 30.0 Å². The van der Waals surface area contributed by atoms with Gasteiger partial charge in [0.2, 0.25) is 5.91 Å². The normalized spacial score (nSPS) is 16.6. The van der Waals surface area contributed by atoms with Gasteiger partial charge in [-0.3, -0.25) is 14.2 Å². The molecule has 1 fully saturated rings.